The van der Waals surface area contributed by atoms with Gasteiger partial charge in [-0.3, -0.25) is 4.79 Å². The Hall–Kier alpha value is -0.350. The first-order valence-corrected chi connectivity index (χ1v) is 7.74. The van der Waals surface area contributed by atoms with Gasteiger partial charge >= 0.3 is 0 Å². The van der Waals surface area contributed by atoms with E-state index in [1.165, 1.54) is 0 Å². The monoisotopic (exact) mass is 420 g/mol. The van der Waals surface area contributed by atoms with Gasteiger partial charge in [0.05, 0.1) is 5.02 Å². The van der Waals surface area contributed by atoms with Crippen molar-refractivity contribution in [2.75, 3.05) is 0 Å². The lowest BCUT2D eigenvalue weighted by atomic mass is 10.0. The zero-order valence-corrected chi connectivity index (χ0v) is 14.3. The SMILES string of the molecule is O=C(Cc1ccc(Br)cc1Cl)c1cc(Br)ccc1Cl. The van der Waals surface area contributed by atoms with E-state index in [4.69, 9.17) is 23.2 Å². The van der Waals surface area contributed by atoms with Gasteiger partial charge in [-0.05, 0) is 35.9 Å². The Balaban J connectivity index is 2.28. The third-order valence-corrected chi connectivity index (χ3v) is 4.26. The summed E-state index contributed by atoms with van der Waals surface area (Å²) in [7, 11) is 0. The predicted molar refractivity (Wildman–Crippen MR) is 86.3 cm³/mol. The Kier molecular flexibility index (Phi) is 5.07. The molecule has 2 rings (SSSR count). The van der Waals surface area contributed by atoms with Crippen molar-refractivity contribution in [1.29, 1.82) is 0 Å². The Morgan fingerprint density at radius 1 is 0.947 bits per heavy atom. The second-order valence-electron chi connectivity index (χ2n) is 3.96. The molecule has 0 heterocycles. The van der Waals surface area contributed by atoms with E-state index in [1.54, 1.807) is 24.3 Å². The molecule has 0 aliphatic carbocycles. The van der Waals surface area contributed by atoms with Crippen LogP contribution in [0.5, 0.6) is 0 Å². The maximum Gasteiger partial charge on any atom is 0.168 e. The number of carbonyl (C=O) groups is 1. The smallest absolute Gasteiger partial charge is 0.168 e. The third kappa shape index (κ3) is 3.82. The molecule has 98 valence electrons. The van der Waals surface area contributed by atoms with Gasteiger partial charge in [-0.15, -0.1) is 0 Å². The van der Waals surface area contributed by atoms with Crippen LogP contribution in [0.3, 0.4) is 0 Å². The van der Waals surface area contributed by atoms with E-state index >= 15 is 0 Å². The molecule has 0 aromatic heterocycles. The summed E-state index contributed by atoms with van der Waals surface area (Å²) in [5, 5.41) is 1.01. The van der Waals surface area contributed by atoms with Crippen molar-refractivity contribution in [2.45, 2.75) is 6.42 Å². The maximum atomic E-state index is 12.2. The average Bonchev–Trinajstić information content (AvgIpc) is 2.35. The van der Waals surface area contributed by atoms with Crippen molar-refractivity contribution in [1.82, 2.24) is 0 Å². The van der Waals surface area contributed by atoms with Crippen LogP contribution in [0.2, 0.25) is 10.0 Å². The van der Waals surface area contributed by atoms with E-state index in [9.17, 15) is 4.79 Å². The van der Waals surface area contributed by atoms with Gasteiger partial charge in [-0.2, -0.15) is 0 Å². The van der Waals surface area contributed by atoms with Crippen LogP contribution in [0.4, 0.5) is 0 Å². The lowest BCUT2D eigenvalue weighted by molar-refractivity contribution is 0.0993. The fraction of sp³-hybridized carbons (Fsp3) is 0.0714. The Morgan fingerprint density at radius 2 is 1.58 bits per heavy atom. The standard InChI is InChI=1S/C14H8Br2Cl2O/c15-9-3-4-12(17)11(6-9)14(19)5-8-1-2-10(16)7-13(8)18/h1-4,6-7H,5H2. The average molecular weight is 423 g/mol. The van der Waals surface area contributed by atoms with Crippen LogP contribution in [0.15, 0.2) is 45.3 Å². The minimum absolute atomic E-state index is 0.0597. The molecule has 19 heavy (non-hydrogen) atoms. The van der Waals surface area contributed by atoms with Crippen molar-refractivity contribution in [2.24, 2.45) is 0 Å². The van der Waals surface area contributed by atoms with Crippen LogP contribution in [-0.2, 0) is 6.42 Å². The number of hydrogen-bond acceptors (Lipinski definition) is 1. The molecule has 2 aromatic carbocycles. The lowest BCUT2D eigenvalue weighted by Gasteiger charge is -2.06. The zero-order valence-electron chi connectivity index (χ0n) is 9.59. The highest BCUT2D eigenvalue weighted by Crippen LogP contribution is 2.26. The van der Waals surface area contributed by atoms with Crippen molar-refractivity contribution in [3.63, 3.8) is 0 Å². The van der Waals surface area contributed by atoms with Gasteiger partial charge in [0.25, 0.3) is 0 Å². The highest BCUT2D eigenvalue weighted by molar-refractivity contribution is 9.10. The molecule has 0 bridgehead atoms. The van der Waals surface area contributed by atoms with E-state index < -0.39 is 0 Å². The molecule has 0 fully saturated rings. The fourth-order valence-corrected chi connectivity index (χ4v) is 2.97. The zero-order chi connectivity index (χ0) is 14.0. The van der Waals surface area contributed by atoms with Crippen molar-refractivity contribution >= 4 is 60.8 Å². The lowest BCUT2D eigenvalue weighted by Crippen LogP contribution is -2.05. The molecule has 0 aliphatic heterocycles. The molecule has 0 unspecified atom stereocenters. The quantitative estimate of drug-likeness (QED) is 0.559. The van der Waals surface area contributed by atoms with Gasteiger partial charge in [-0.25, -0.2) is 0 Å². The summed E-state index contributed by atoms with van der Waals surface area (Å²) in [5.74, 6) is -0.0597. The summed E-state index contributed by atoms with van der Waals surface area (Å²) in [6, 6.07) is 10.7. The molecule has 5 heteroatoms. The number of hydrogen-bond donors (Lipinski definition) is 0. The highest BCUT2D eigenvalue weighted by atomic mass is 79.9. The fourth-order valence-electron chi connectivity index (χ4n) is 1.64. The van der Waals surface area contributed by atoms with Crippen molar-refractivity contribution < 1.29 is 4.79 Å². The van der Waals surface area contributed by atoms with Gasteiger partial charge in [0, 0.05) is 26.0 Å². The Bertz CT molecular complexity index is 641. The van der Waals surface area contributed by atoms with Gasteiger partial charge in [-0.1, -0.05) is 61.1 Å². The van der Waals surface area contributed by atoms with Gasteiger partial charge < -0.3 is 0 Å². The van der Waals surface area contributed by atoms with E-state index in [2.05, 4.69) is 31.9 Å². The molecule has 2 aromatic rings. The van der Waals surface area contributed by atoms with Crippen LogP contribution in [0.25, 0.3) is 0 Å². The minimum Gasteiger partial charge on any atom is -0.294 e. The van der Waals surface area contributed by atoms with Crippen molar-refractivity contribution in [3.8, 4) is 0 Å². The number of Topliss-reactive ketones (excluding diaryl/α,β-unsaturated/α-hetero) is 1. The van der Waals surface area contributed by atoms with Gasteiger partial charge in [0.2, 0.25) is 0 Å². The number of ketones is 1. The molecular weight excluding hydrogens is 415 g/mol. The van der Waals surface area contributed by atoms with Gasteiger partial charge in [0.15, 0.2) is 5.78 Å². The predicted octanol–water partition coefficient (Wildman–Crippen LogP) is 5.94. The molecule has 1 nitrogen and oxygen atoms in total. The minimum atomic E-state index is -0.0597. The molecule has 0 atom stereocenters. The van der Waals surface area contributed by atoms with Gasteiger partial charge in [0.1, 0.15) is 0 Å². The number of halogens is 4. The molecule has 0 amide bonds. The molecule has 0 saturated carbocycles. The van der Waals surface area contributed by atoms with E-state index in [-0.39, 0.29) is 12.2 Å². The Labute approximate surface area is 138 Å². The molecule has 0 aliphatic rings. The number of rotatable bonds is 3. The molecule has 0 spiro atoms. The van der Waals surface area contributed by atoms with E-state index in [1.807, 2.05) is 12.1 Å². The van der Waals surface area contributed by atoms with Crippen LogP contribution in [-0.4, -0.2) is 5.78 Å². The number of benzene rings is 2. The second-order valence-corrected chi connectivity index (χ2v) is 6.61. The summed E-state index contributed by atoms with van der Waals surface area (Å²) >= 11 is 18.8. The Morgan fingerprint density at radius 3 is 2.26 bits per heavy atom. The first-order chi connectivity index (χ1) is 8.97. The summed E-state index contributed by atoms with van der Waals surface area (Å²) in [4.78, 5) is 12.2. The molecule has 0 N–H and O–H groups in total. The summed E-state index contributed by atoms with van der Waals surface area (Å²) in [6.07, 6.45) is 0.224. The first-order valence-electron chi connectivity index (χ1n) is 5.39. The normalized spacial score (nSPS) is 10.5. The van der Waals surface area contributed by atoms with Crippen LogP contribution >= 0.6 is 55.1 Å². The summed E-state index contributed by atoms with van der Waals surface area (Å²) in [6.45, 7) is 0. The summed E-state index contributed by atoms with van der Waals surface area (Å²) in [5.41, 5.74) is 1.28. The topological polar surface area (TPSA) is 17.1 Å². The second kappa shape index (κ2) is 6.40. The highest BCUT2D eigenvalue weighted by Gasteiger charge is 2.13. The maximum absolute atomic E-state index is 12.2. The molecular formula is C14H8Br2Cl2O. The molecule has 0 saturated heterocycles. The largest absolute Gasteiger partial charge is 0.294 e. The van der Waals surface area contributed by atoms with Crippen molar-refractivity contribution in [3.05, 3.63) is 66.5 Å². The van der Waals surface area contributed by atoms with Crippen LogP contribution in [0.1, 0.15) is 15.9 Å². The van der Waals surface area contributed by atoms with E-state index in [0.717, 1.165) is 14.5 Å². The first kappa shape index (κ1) is 15.0. The third-order valence-electron chi connectivity index (χ3n) is 2.59. The van der Waals surface area contributed by atoms with E-state index in [0.29, 0.717) is 15.6 Å². The van der Waals surface area contributed by atoms with Crippen LogP contribution in [0, 0.1) is 0 Å². The van der Waals surface area contributed by atoms with Crippen LogP contribution < -0.4 is 0 Å². The summed E-state index contributed by atoms with van der Waals surface area (Å²) < 4.78 is 1.70. The number of carbonyl (C=O) groups excluding carboxylic acids is 1. The molecule has 0 radical (unpaired) electrons.